The number of aryl methyl sites for hydroxylation is 2. The Kier molecular flexibility index (Phi) is 4.34. The highest BCUT2D eigenvalue weighted by molar-refractivity contribution is 5.81. The molecule has 1 aliphatic carbocycles. The number of rotatable bonds is 5. The Morgan fingerprint density at radius 3 is 2.43 bits per heavy atom. The number of carbonyl (C=O) groups is 2. The van der Waals surface area contributed by atoms with E-state index in [2.05, 4.69) is 10.4 Å². The Balaban J connectivity index is 1.97. The molecule has 0 aliphatic heterocycles. The Morgan fingerprint density at radius 2 is 1.95 bits per heavy atom. The van der Waals surface area contributed by atoms with Gasteiger partial charge in [0.2, 0.25) is 5.91 Å². The van der Waals surface area contributed by atoms with Gasteiger partial charge in [-0.3, -0.25) is 14.3 Å². The predicted molar refractivity (Wildman–Crippen MR) is 77.9 cm³/mol. The first kappa shape index (κ1) is 15.5. The Hall–Kier alpha value is -1.85. The largest absolute Gasteiger partial charge is 0.481 e. The molecule has 0 unspecified atom stereocenters. The van der Waals surface area contributed by atoms with Gasteiger partial charge in [0.05, 0.1) is 17.5 Å². The molecule has 0 bridgehead atoms. The smallest absolute Gasteiger partial charge is 0.311 e. The van der Waals surface area contributed by atoms with Gasteiger partial charge in [-0.05, 0) is 26.7 Å². The van der Waals surface area contributed by atoms with Crippen LogP contribution in [-0.4, -0.2) is 33.3 Å². The van der Waals surface area contributed by atoms with E-state index in [1.807, 2.05) is 20.9 Å². The lowest BCUT2D eigenvalue weighted by Crippen LogP contribution is -2.41. The number of carbonyl (C=O) groups excluding carboxylic acids is 1. The minimum Gasteiger partial charge on any atom is -0.481 e. The summed E-state index contributed by atoms with van der Waals surface area (Å²) in [7, 11) is 1.85. The molecule has 0 atom stereocenters. The van der Waals surface area contributed by atoms with Gasteiger partial charge in [-0.2, -0.15) is 5.10 Å². The zero-order valence-electron chi connectivity index (χ0n) is 12.9. The minimum atomic E-state index is -0.797. The summed E-state index contributed by atoms with van der Waals surface area (Å²) in [5.41, 5.74) is 1.97. The molecule has 0 saturated heterocycles. The van der Waals surface area contributed by atoms with Gasteiger partial charge in [0, 0.05) is 24.8 Å². The Labute approximate surface area is 124 Å². The molecule has 0 spiro atoms. The number of hydrogen-bond donors (Lipinski definition) is 2. The molecule has 1 aromatic rings. The maximum absolute atomic E-state index is 12.1. The lowest BCUT2D eigenvalue weighted by molar-refractivity contribution is -0.148. The second-order valence-corrected chi connectivity index (χ2v) is 6.02. The maximum atomic E-state index is 12.1. The van der Waals surface area contributed by atoms with E-state index >= 15 is 0 Å². The van der Waals surface area contributed by atoms with E-state index in [1.165, 1.54) is 0 Å². The second-order valence-electron chi connectivity index (χ2n) is 6.02. The van der Waals surface area contributed by atoms with E-state index in [1.54, 1.807) is 4.68 Å². The quantitative estimate of drug-likeness (QED) is 0.858. The average molecular weight is 293 g/mol. The topological polar surface area (TPSA) is 84.2 Å². The normalized spacial score (nSPS) is 16.9. The molecule has 0 radical (unpaired) electrons. The van der Waals surface area contributed by atoms with E-state index in [0.717, 1.165) is 29.8 Å². The van der Waals surface area contributed by atoms with Gasteiger partial charge in [0.25, 0.3) is 0 Å². The number of aliphatic carboxylic acids is 1. The summed E-state index contributed by atoms with van der Waals surface area (Å²) in [6.07, 6.45) is 3.38. The highest BCUT2D eigenvalue weighted by Crippen LogP contribution is 2.37. The van der Waals surface area contributed by atoms with Crippen molar-refractivity contribution in [3.63, 3.8) is 0 Å². The molecule has 6 heteroatoms. The summed E-state index contributed by atoms with van der Waals surface area (Å²) < 4.78 is 1.76. The zero-order chi connectivity index (χ0) is 15.6. The molecular weight excluding hydrogens is 270 g/mol. The Morgan fingerprint density at radius 1 is 1.33 bits per heavy atom. The molecule has 1 heterocycles. The van der Waals surface area contributed by atoms with Crippen molar-refractivity contribution in [3.05, 3.63) is 17.0 Å². The van der Waals surface area contributed by atoms with Crippen LogP contribution in [0.2, 0.25) is 0 Å². The third kappa shape index (κ3) is 3.09. The lowest BCUT2D eigenvalue weighted by Gasteiger charge is -2.24. The van der Waals surface area contributed by atoms with Crippen LogP contribution in [-0.2, 0) is 23.1 Å². The van der Waals surface area contributed by atoms with Crippen LogP contribution in [0.1, 0.15) is 42.6 Å². The first-order valence-electron chi connectivity index (χ1n) is 7.35. The summed E-state index contributed by atoms with van der Waals surface area (Å²) in [5, 5.41) is 16.5. The Bertz CT molecular complexity index is 557. The first-order chi connectivity index (χ1) is 9.85. The third-order valence-electron chi connectivity index (χ3n) is 4.63. The van der Waals surface area contributed by atoms with Gasteiger partial charge in [0.15, 0.2) is 0 Å². The van der Waals surface area contributed by atoms with Crippen molar-refractivity contribution in [1.82, 2.24) is 15.1 Å². The third-order valence-corrected chi connectivity index (χ3v) is 4.63. The highest BCUT2D eigenvalue weighted by atomic mass is 16.4. The fraction of sp³-hybridized carbons (Fsp3) is 0.667. The van der Waals surface area contributed by atoms with Crippen molar-refractivity contribution < 1.29 is 14.7 Å². The molecule has 21 heavy (non-hydrogen) atoms. The molecular formula is C15H23N3O3. The molecule has 1 aliphatic rings. The molecule has 0 aromatic carbocycles. The highest BCUT2D eigenvalue weighted by Gasteiger charge is 2.41. The maximum Gasteiger partial charge on any atom is 0.311 e. The van der Waals surface area contributed by atoms with Crippen LogP contribution >= 0.6 is 0 Å². The summed E-state index contributed by atoms with van der Waals surface area (Å²) in [6, 6.07) is 0. The number of nitrogens with one attached hydrogen (secondary N) is 1. The first-order valence-corrected chi connectivity index (χ1v) is 7.35. The van der Waals surface area contributed by atoms with Crippen LogP contribution in [0.15, 0.2) is 0 Å². The van der Waals surface area contributed by atoms with E-state index in [-0.39, 0.29) is 18.9 Å². The van der Waals surface area contributed by atoms with Crippen molar-refractivity contribution in [1.29, 1.82) is 0 Å². The van der Waals surface area contributed by atoms with Crippen molar-refractivity contribution >= 4 is 11.9 Å². The number of hydrogen-bond acceptors (Lipinski definition) is 3. The van der Waals surface area contributed by atoms with Crippen molar-refractivity contribution in [2.45, 2.75) is 46.0 Å². The van der Waals surface area contributed by atoms with Crippen molar-refractivity contribution in [2.24, 2.45) is 12.5 Å². The fourth-order valence-electron chi connectivity index (χ4n) is 3.08. The average Bonchev–Trinajstić information content (AvgIpc) is 2.99. The zero-order valence-corrected chi connectivity index (χ0v) is 12.9. The summed E-state index contributed by atoms with van der Waals surface area (Å²) in [6.45, 7) is 4.03. The molecule has 2 rings (SSSR count). The van der Waals surface area contributed by atoms with Gasteiger partial charge >= 0.3 is 5.97 Å². The van der Waals surface area contributed by atoms with Crippen LogP contribution in [0.4, 0.5) is 0 Å². The van der Waals surface area contributed by atoms with Crippen molar-refractivity contribution in [2.75, 3.05) is 6.54 Å². The van der Waals surface area contributed by atoms with Gasteiger partial charge in [-0.15, -0.1) is 0 Å². The standard InChI is InChI=1S/C15H23N3O3/c1-10-12(11(2)18(3)17-10)8-13(19)16-9-15(14(20)21)6-4-5-7-15/h4-9H2,1-3H3,(H,16,19)(H,20,21). The molecule has 2 N–H and O–H groups in total. The van der Waals surface area contributed by atoms with E-state index in [0.29, 0.717) is 12.8 Å². The number of aromatic nitrogens is 2. The molecule has 1 amide bonds. The van der Waals surface area contributed by atoms with Crippen molar-refractivity contribution in [3.8, 4) is 0 Å². The van der Waals surface area contributed by atoms with Crippen LogP contribution in [0.5, 0.6) is 0 Å². The van der Waals surface area contributed by atoms with Gasteiger partial charge in [-0.25, -0.2) is 0 Å². The number of carboxylic acid groups (broad SMARTS) is 1. The van der Waals surface area contributed by atoms with E-state index in [4.69, 9.17) is 0 Å². The predicted octanol–water partition coefficient (Wildman–Crippen LogP) is 1.34. The summed E-state index contributed by atoms with van der Waals surface area (Å²) in [4.78, 5) is 23.5. The number of amides is 1. The van der Waals surface area contributed by atoms with Gasteiger partial charge in [0.1, 0.15) is 0 Å². The summed E-state index contributed by atoms with van der Waals surface area (Å²) >= 11 is 0. The lowest BCUT2D eigenvalue weighted by atomic mass is 9.86. The van der Waals surface area contributed by atoms with Gasteiger partial charge < -0.3 is 10.4 Å². The molecule has 116 valence electrons. The van der Waals surface area contributed by atoms with E-state index in [9.17, 15) is 14.7 Å². The van der Waals surface area contributed by atoms with E-state index < -0.39 is 11.4 Å². The van der Waals surface area contributed by atoms with Gasteiger partial charge in [-0.1, -0.05) is 12.8 Å². The molecule has 1 fully saturated rings. The minimum absolute atomic E-state index is 0.137. The molecule has 1 saturated carbocycles. The summed E-state index contributed by atoms with van der Waals surface area (Å²) in [5.74, 6) is -0.934. The molecule has 1 aromatic heterocycles. The number of carboxylic acids is 1. The monoisotopic (exact) mass is 293 g/mol. The van der Waals surface area contributed by atoms with Crippen LogP contribution in [0, 0.1) is 19.3 Å². The fourth-order valence-corrected chi connectivity index (χ4v) is 3.08. The van der Waals surface area contributed by atoms with Crippen LogP contribution in [0.3, 0.4) is 0 Å². The second kappa shape index (κ2) is 5.87. The van der Waals surface area contributed by atoms with Crippen LogP contribution < -0.4 is 5.32 Å². The SMILES string of the molecule is Cc1nn(C)c(C)c1CC(=O)NCC1(C(=O)O)CCCC1. The number of nitrogens with zero attached hydrogens (tertiary/aromatic N) is 2. The van der Waals surface area contributed by atoms with Crippen LogP contribution in [0.25, 0.3) is 0 Å². The molecule has 6 nitrogen and oxygen atoms in total.